The van der Waals surface area contributed by atoms with Gasteiger partial charge in [0.2, 0.25) is 0 Å². The average molecular weight is 308 g/mol. The standard InChI is InChI=1S/C9H16N2O2P4/c1-2-4-11-5-3-6-7(9(11)12)8(10-13-6)17(15)16-14/h16H,2-5,14-15H2,1H3. The first-order valence-electron chi connectivity index (χ1n) is 5.48. The summed E-state index contributed by atoms with van der Waals surface area (Å²) in [5, 5.41) is 4.09. The molecule has 4 nitrogen and oxygen atoms in total. The van der Waals surface area contributed by atoms with Gasteiger partial charge in [-0.3, -0.25) is 4.79 Å². The molecule has 4 unspecified atom stereocenters. The SMILES string of the molecule is CCCN1CCc2onc(P(P)PP)c2C1=O. The molecule has 4 atom stereocenters. The van der Waals surface area contributed by atoms with Crippen LogP contribution in [0.25, 0.3) is 0 Å². The van der Waals surface area contributed by atoms with E-state index >= 15 is 0 Å². The molecule has 1 amide bonds. The van der Waals surface area contributed by atoms with Crippen molar-refractivity contribution in [2.45, 2.75) is 19.8 Å². The molecule has 0 saturated carbocycles. The van der Waals surface area contributed by atoms with Crippen molar-refractivity contribution in [3.05, 3.63) is 11.3 Å². The molecule has 0 spiro atoms. The Morgan fingerprint density at radius 3 is 3.06 bits per heavy atom. The number of nitrogens with zero attached hydrogens (tertiary/aromatic N) is 2. The molecule has 1 aliphatic heterocycles. The van der Waals surface area contributed by atoms with Crippen molar-refractivity contribution in [3.63, 3.8) is 0 Å². The minimum atomic E-state index is -0.451. The second-order valence-electron chi connectivity index (χ2n) is 3.85. The van der Waals surface area contributed by atoms with Crippen LogP contribution in [0.15, 0.2) is 4.52 Å². The summed E-state index contributed by atoms with van der Waals surface area (Å²) in [6.45, 7) is 3.66. The molecular weight excluding hydrogens is 292 g/mol. The Bertz CT molecular complexity index is 423. The van der Waals surface area contributed by atoms with Crippen molar-refractivity contribution in [2.24, 2.45) is 0 Å². The molecule has 0 aromatic carbocycles. The number of fused-ring (bicyclic) bond motifs is 1. The van der Waals surface area contributed by atoms with Crippen molar-refractivity contribution in [1.82, 2.24) is 10.1 Å². The van der Waals surface area contributed by atoms with Gasteiger partial charge in [-0.15, -0.1) is 17.9 Å². The molecule has 0 radical (unpaired) electrons. The molecule has 17 heavy (non-hydrogen) atoms. The molecule has 1 aromatic heterocycles. The highest BCUT2D eigenvalue weighted by molar-refractivity contribution is 8.63. The van der Waals surface area contributed by atoms with Crippen LogP contribution in [0.3, 0.4) is 0 Å². The van der Waals surface area contributed by atoms with E-state index in [1.165, 1.54) is 0 Å². The van der Waals surface area contributed by atoms with E-state index in [0.29, 0.717) is 7.96 Å². The van der Waals surface area contributed by atoms with Gasteiger partial charge in [0.25, 0.3) is 5.91 Å². The molecule has 2 rings (SSSR count). The Hall–Kier alpha value is 0.400. The van der Waals surface area contributed by atoms with Crippen molar-refractivity contribution >= 4 is 44.5 Å². The maximum atomic E-state index is 12.3. The summed E-state index contributed by atoms with van der Waals surface area (Å²) < 4.78 is 5.31. The van der Waals surface area contributed by atoms with E-state index < -0.39 is 7.30 Å². The molecule has 8 heteroatoms. The Morgan fingerprint density at radius 1 is 1.65 bits per heavy atom. The molecule has 0 saturated heterocycles. The third-order valence-corrected chi connectivity index (χ3v) is 12.5. The molecule has 2 heterocycles. The Balaban J connectivity index is 2.32. The smallest absolute Gasteiger partial charge is 0.259 e. The minimum Gasteiger partial charge on any atom is -0.360 e. The molecule has 0 aliphatic carbocycles. The zero-order valence-electron chi connectivity index (χ0n) is 9.64. The Labute approximate surface area is 108 Å². The normalized spacial score (nSPS) is 17.8. The second kappa shape index (κ2) is 6.03. The number of hydrogen-bond donors (Lipinski definition) is 0. The lowest BCUT2D eigenvalue weighted by atomic mass is 10.1. The number of hydrogen-bond acceptors (Lipinski definition) is 3. The summed E-state index contributed by atoms with van der Waals surface area (Å²) in [6.07, 6.45) is 1.78. The van der Waals surface area contributed by atoms with Crippen molar-refractivity contribution in [2.75, 3.05) is 13.1 Å². The summed E-state index contributed by atoms with van der Waals surface area (Å²) in [5.74, 6) is 0.873. The highest BCUT2D eigenvalue weighted by Gasteiger charge is 2.32. The number of carbonyl (C=O) groups is 1. The molecule has 1 aromatic rings. The fourth-order valence-electron chi connectivity index (χ4n) is 1.90. The van der Waals surface area contributed by atoms with Crippen molar-refractivity contribution in [3.8, 4) is 0 Å². The van der Waals surface area contributed by atoms with Crippen LogP contribution in [0.1, 0.15) is 29.5 Å². The van der Waals surface area contributed by atoms with E-state index in [4.69, 9.17) is 4.52 Å². The highest BCUT2D eigenvalue weighted by atomic mass is 32.6. The lowest BCUT2D eigenvalue weighted by Gasteiger charge is -2.25. The van der Waals surface area contributed by atoms with Gasteiger partial charge in [-0.2, -0.15) is 0 Å². The minimum absolute atomic E-state index is 0.0996. The molecule has 0 bridgehead atoms. The second-order valence-corrected chi connectivity index (χ2v) is 12.9. The monoisotopic (exact) mass is 308 g/mol. The summed E-state index contributed by atoms with van der Waals surface area (Å²) in [5.41, 5.74) is 1.60. The predicted octanol–water partition coefficient (Wildman–Crippen LogP) is 2.36. The van der Waals surface area contributed by atoms with E-state index in [1.54, 1.807) is 0 Å². The summed E-state index contributed by atoms with van der Waals surface area (Å²) >= 11 is 0. The van der Waals surface area contributed by atoms with Gasteiger partial charge in [-0.05, 0) is 13.7 Å². The highest BCUT2D eigenvalue weighted by Crippen LogP contribution is 2.65. The number of aromatic nitrogens is 1. The number of rotatable bonds is 4. The third kappa shape index (κ3) is 2.71. The predicted molar refractivity (Wildman–Crippen MR) is 80.7 cm³/mol. The van der Waals surface area contributed by atoms with Crippen LogP contribution >= 0.6 is 33.1 Å². The Morgan fingerprint density at radius 2 is 2.41 bits per heavy atom. The fraction of sp³-hybridized carbons (Fsp3) is 0.556. The van der Waals surface area contributed by atoms with Crippen LogP contribution in [0.2, 0.25) is 0 Å². The van der Waals surface area contributed by atoms with Gasteiger partial charge in [-0.25, -0.2) is 0 Å². The largest absolute Gasteiger partial charge is 0.360 e. The van der Waals surface area contributed by atoms with Gasteiger partial charge >= 0.3 is 0 Å². The molecular formula is C9H16N2O2P4. The van der Waals surface area contributed by atoms with Gasteiger partial charge in [0.1, 0.15) is 11.0 Å². The lowest BCUT2D eigenvalue weighted by molar-refractivity contribution is 0.0733. The Kier molecular flexibility index (Phi) is 4.90. The van der Waals surface area contributed by atoms with E-state index in [1.807, 2.05) is 4.90 Å². The summed E-state index contributed by atoms with van der Waals surface area (Å²) in [4.78, 5) is 14.2. The van der Waals surface area contributed by atoms with E-state index in [-0.39, 0.29) is 5.91 Å². The van der Waals surface area contributed by atoms with Gasteiger partial charge in [0.05, 0.1) is 0 Å². The van der Waals surface area contributed by atoms with Crippen LogP contribution < -0.4 is 5.44 Å². The van der Waals surface area contributed by atoms with Crippen LogP contribution in [0.4, 0.5) is 0 Å². The quantitative estimate of drug-likeness (QED) is 0.802. The molecule has 94 valence electrons. The number of carbonyl (C=O) groups excluding carboxylic acids is 1. The first-order valence-corrected chi connectivity index (χ1v) is 12.1. The first-order chi connectivity index (χ1) is 8.19. The summed E-state index contributed by atoms with van der Waals surface area (Å²) in [7, 11) is 5.74. The van der Waals surface area contributed by atoms with Gasteiger partial charge < -0.3 is 9.42 Å². The lowest BCUT2D eigenvalue weighted by Crippen LogP contribution is -2.39. The number of amides is 1. The maximum Gasteiger partial charge on any atom is 0.259 e. The van der Waals surface area contributed by atoms with E-state index in [2.05, 4.69) is 29.9 Å². The van der Waals surface area contributed by atoms with Crippen LogP contribution in [0, 0.1) is 0 Å². The van der Waals surface area contributed by atoms with Crippen molar-refractivity contribution in [1.29, 1.82) is 0 Å². The van der Waals surface area contributed by atoms with Crippen LogP contribution in [-0.4, -0.2) is 29.1 Å². The average Bonchev–Trinajstić information content (AvgIpc) is 2.76. The van der Waals surface area contributed by atoms with Gasteiger partial charge in [0, 0.05) is 19.5 Å². The maximum absolute atomic E-state index is 12.3. The van der Waals surface area contributed by atoms with E-state index in [9.17, 15) is 4.79 Å². The zero-order valence-corrected chi connectivity index (χ0v) is 13.8. The fourth-order valence-corrected chi connectivity index (χ4v) is 5.07. The van der Waals surface area contributed by atoms with E-state index in [0.717, 1.165) is 42.7 Å². The topological polar surface area (TPSA) is 46.3 Å². The first kappa shape index (κ1) is 13.8. The van der Waals surface area contributed by atoms with Crippen LogP contribution in [0.5, 0.6) is 0 Å². The molecule has 1 aliphatic rings. The van der Waals surface area contributed by atoms with Crippen LogP contribution in [-0.2, 0) is 6.42 Å². The third-order valence-electron chi connectivity index (χ3n) is 2.72. The zero-order chi connectivity index (χ0) is 12.4. The van der Waals surface area contributed by atoms with Crippen molar-refractivity contribution < 1.29 is 9.32 Å². The molecule has 0 fully saturated rings. The van der Waals surface area contributed by atoms with Gasteiger partial charge in [0.15, 0.2) is 5.76 Å². The molecule has 0 N–H and O–H groups in total. The summed E-state index contributed by atoms with van der Waals surface area (Å²) in [6, 6.07) is 0. The van der Waals surface area contributed by atoms with Gasteiger partial charge in [-0.1, -0.05) is 20.0 Å².